The standard InChI is InChI=1S/C24H19FN4O4/c25-17-9-5-15(6-10-17)23-20(19-3-1-2-4-21(19)26-23)13-14-22(30)27-28-24(31)16-7-11-18(12-8-16)29(32)33/h1-12,26H,13-14H2,(H,27,30)(H,28,31). The molecule has 33 heavy (non-hydrogen) atoms. The molecule has 0 saturated carbocycles. The lowest BCUT2D eigenvalue weighted by atomic mass is 10.0. The van der Waals surface area contributed by atoms with E-state index in [1.165, 1.54) is 36.4 Å². The lowest BCUT2D eigenvalue weighted by molar-refractivity contribution is -0.384. The van der Waals surface area contributed by atoms with Crippen molar-refractivity contribution in [3.8, 4) is 11.3 Å². The van der Waals surface area contributed by atoms with Crippen molar-refractivity contribution in [2.45, 2.75) is 12.8 Å². The summed E-state index contributed by atoms with van der Waals surface area (Å²) >= 11 is 0. The van der Waals surface area contributed by atoms with Gasteiger partial charge < -0.3 is 4.98 Å². The second kappa shape index (κ2) is 9.31. The van der Waals surface area contributed by atoms with E-state index in [-0.39, 0.29) is 23.5 Å². The van der Waals surface area contributed by atoms with Gasteiger partial charge in [0.15, 0.2) is 0 Å². The average Bonchev–Trinajstić information content (AvgIpc) is 3.20. The number of H-pyrrole nitrogens is 1. The zero-order chi connectivity index (χ0) is 23.4. The number of carbonyl (C=O) groups is 2. The number of nitro groups is 1. The molecule has 0 aliphatic rings. The molecule has 0 aliphatic carbocycles. The Labute approximate surface area is 187 Å². The van der Waals surface area contributed by atoms with Gasteiger partial charge in [-0.2, -0.15) is 0 Å². The Kier molecular flexibility index (Phi) is 6.12. The summed E-state index contributed by atoms with van der Waals surface area (Å²) in [6.45, 7) is 0. The predicted octanol–water partition coefficient (Wildman–Crippen LogP) is 4.28. The van der Waals surface area contributed by atoms with Gasteiger partial charge in [0.1, 0.15) is 5.82 Å². The highest BCUT2D eigenvalue weighted by atomic mass is 19.1. The van der Waals surface area contributed by atoms with Crippen LogP contribution >= 0.6 is 0 Å². The number of nitrogens with one attached hydrogen (secondary N) is 3. The van der Waals surface area contributed by atoms with Gasteiger partial charge in [0.2, 0.25) is 5.91 Å². The third kappa shape index (κ3) is 4.87. The van der Waals surface area contributed by atoms with Gasteiger partial charge in [-0.3, -0.25) is 30.6 Å². The number of nitrogens with zero attached hydrogens (tertiary/aromatic N) is 1. The first-order valence-electron chi connectivity index (χ1n) is 10.1. The van der Waals surface area contributed by atoms with E-state index in [1.54, 1.807) is 12.1 Å². The molecule has 3 N–H and O–H groups in total. The van der Waals surface area contributed by atoms with E-state index in [0.717, 1.165) is 27.7 Å². The molecule has 0 bridgehead atoms. The number of amides is 2. The van der Waals surface area contributed by atoms with E-state index in [9.17, 15) is 24.1 Å². The number of hydrogen-bond acceptors (Lipinski definition) is 4. The summed E-state index contributed by atoms with van der Waals surface area (Å²) in [5.41, 5.74) is 8.13. The van der Waals surface area contributed by atoms with Crippen molar-refractivity contribution in [2.24, 2.45) is 0 Å². The SMILES string of the molecule is O=C(CCc1c(-c2ccc(F)cc2)[nH]c2ccccc12)NNC(=O)c1ccc([N+](=O)[O-])cc1. The molecule has 4 rings (SSSR count). The number of halogens is 1. The van der Waals surface area contributed by atoms with Crippen LogP contribution in [-0.4, -0.2) is 21.7 Å². The fourth-order valence-electron chi connectivity index (χ4n) is 3.56. The Morgan fingerprint density at radius 1 is 0.939 bits per heavy atom. The fraction of sp³-hybridized carbons (Fsp3) is 0.0833. The minimum Gasteiger partial charge on any atom is -0.354 e. The van der Waals surface area contributed by atoms with E-state index in [0.29, 0.717) is 6.42 Å². The molecule has 0 atom stereocenters. The molecular weight excluding hydrogens is 427 g/mol. The normalized spacial score (nSPS) is 10.7. The molecule has 0 spiro atoms. The molecule has 3 aromatic carbocycles. The van der Waals surface area contributed by atoms with Gasteiger partial charge in [-0.1, -0.05) is 18.2 Å². The highest BCUT2D eigenvalue weighted by Crippen LogP contribution is 2.31. The van der Waals surface area contributed by atoms with E-state index >= 15 is 0 Å². The predicted molar refractivity (Wildman–Crippen MR) is 121 cm³/mol. The quantitative estimate of drug-likeness (QED) is 0.303. The lowest BCUT2D eigenvalue weighted by Crippen LogP contribution is -2.41. The molecule has 0 aliphatic heterocycles. The van der Waals surface area contributed by atoms with Crippen LogP contribution in [-0.2, 0) is 11.2 Å². The van der Waals surface area contributed by atoms with E-state index in [1.807, 2.05) is 24.3 Å². The summed E-state index contributed by atoms with van der Waals surface area (Å²) in [6.07, 6.45) is 0.479. The number of aromatic nitrogens is 1. The number of hydrazine groups is 1. The molecule has 0 fully saturated rings. The lowest BCUT2D eigenvalue weighted by Gasteiger charge is -2.09. The Morgan fingerprint density at radius 3 is 2.33 bits per heavy atom. The molecule has 0 unspecified atom stereocenters. The van der Waals surface area contributed by atoms with Gasteiger partial charge in [0.25, 0.3) is 11.6 Å². The number of hydrogen-bond donors (Lipinski definition) is 3. The van der Waals surface area contributed by atoms with E-state index < -0.39 is 16.7 Å². The first-order chi connectivity index (χ1) is 15.9. The van der Waals surface area contributed by atoms with Crippen LogP contribution in [0.2, 0.25) is 0 Å². The summed E-state index contributed by atoms with van der Waals surface area (Å²) < 4.78 is 13.4. The molecule has 0 radical (unpaired) electrons. The van der Waals surface area contributed by atoms with Crippen molar-refractivity contribution < 1.29 is 18.9 Å². The second-order valence-electron chi connectivity index (χ2n) is 7.34. The van der Waals surface area contributed by atoms with Gasteiger partial charge >= 0.3 is 0 Å². The van der Waals surface area contributed by atoms with Crippen LogP contribution in [0.3, 0.4) is 0 Å². The van der Waals surface area contributed by atoms with Crippen LogP contribution in [0.15, 0.2) is 72.8 Å². The van der Waals surface area contributed by atoms with Gasteiger partial charge in [0.05, 0.1) is 4.92 Å². The maximum atomic E-state index is 13.4. The Morgan fingerprint density at radius 2 is 1.64 bits per heavy atom. The maximum absolute atomic E-state index is 13.4. The molecule has 8 nitrogen and oxygen atoms in total. The summed E-state index contributed by atoms with van der Waals surface area (Å²) in [5.74, 6) is -1.32. The number of non-ortho nitro benzene ring substituents is 1. The zero-order valence-electron chi connectivity index (χ0n) is 17.3. The molecule has 1 aromatic heterocycles. The van der Waals surface area contributed by atoms with Gasteiger partial charge in [-0.25, -0.2) is 4.39 Å². The number of aromatic amines is 1. The van der Waals surface area contributed by atoms with Crippen molar-refractivity contribution in [1.29, 1.82) is 0 Å². The van der Waals surface area contributed by atoms with Crippen molar-refractivity contribution in [2.75, 3.05) is 0 Å². The molecule has 0 saturated heterocycles. The maximum Gasteiger partial charge on any atom is 0.269 e. The summed E-state index contributed by atoms with van der Waals surface area (Å²) in [5, 5.41) is 11.7. The fourth-order valence-corrected chi connectivity index (χ4v) is 3.56. The highest BCUT2D eigenvalue weighted by molar-refractivity contribution is 5.96. The minimum absolute atomic E-state index is 0.0938. The molecule has 9 heteroatoms. The van der Waals surface area contributed by atoms with Crippen molar-refractivity contribution >= 4 is 28.4 Å². The molecular formula is C24H19FN4O4. The van der Waals surface area contributed by atoms with Crippen LogP contribution in [0.4, 0.5) is 10.1 Å². The van der Waals surface area contributed by atoms with Gasteiger partial charge in [-0.05, 0) is 60.0 Å². The third-order valence-corrected chi connectivity index (χ3v) is 5.20. The van der Waals surface area contributed by atoms with Crippen LogP contribution < -0.4 is 10.9 Å². The van der Waals surface area contributed by atoms with Crippen molar-refractivity contribution in [1.82, 2.24) is 15.8 Å². The number of carbonyl (C=O) groups excluding carboxylic acids is 2. The first kappa shape index (κ1) is 21.7. The first-order valence-corrected chi connectivity index (χ1v) is 10.1. The summed E-state index contributed by atoms with van der Waals surface area (Å²) in [7, 11) is 0. The largest absolute Gasteiger partial charge is 0.354 e. The number of rotatable bonds is 6. The average molecular weight is 446 g/mol. The smallest absolute Gasteiger partial charge is 0.269 e. The Hall–Kier alpha value is -4.53. The zero-order valence-corrected chi connectivity index (χ0v) is 17.3. The van der Waals surface area contributed by atoms with Gasteiger partial charge in [0, 0.05) is 40.7 Å². The summed E-state index contributed by atoms with van der Waals surface area (Å²) in [4.78, 5) is 38.0. The number of aryl methyl sites for hydroxylation is 1. The van der Waals surface area contributed by atoms with Crippen LogP contribution in [0.5, 0.6) is 0 Å². The second-order valence-corrected chi connectivity index (χ2v) is 7.34. The number of benzene rings is 3. The Balaban J connectivity index is 1.43. The van der Waals surface area contributed by atoms with Crippen molar-refractivity contribution in [3.05, 3.63) is 99.9 Å². The molecule has 4 aromatic rings. The highest BCUT2D eigenvalue weighted by Gasteiger charge is 2.15. The van der Waals surface area contributed by atoms with Crippen LogP contribution in [0, 0.1) is 15.9 Å². The summed E-state index contributed by atoms with van der Waals surface area (Å²) in [6, 6.07) is 18.8. The third-order valence-electron chi connectivity index (χ3n) is 5.20. The topological polar surface area (TPSA) is 117 Å². The van der Waals surface area contributed by atoms with Crippen LogP contribution in [0.25, 0.3) is 22.2 Å². The van der Waals surface area contributed by atoms with E-state index in [4.69, 9.17) is 0 Å². The molecule has 166 valence electrons. The van der Waals surface area contributed by atoms with E-state index in [2.05, 4.69) is 15.8 Å². The number of fused-ring (bicyclic) bond motifs is 1. The molecule has 1 heterocycles. The minimum atomic E-state index is -0.586. The monoisotopic (exact) mass is 446 g/mol. The number of para-hydroxylation sites is 1. The van der Waals surface area contributed by atoms with Crippen molar-refractivity contribution in [3.63, 3.8) is 0 Å². The Bertz CT molecular complexity index is 1330. The number of nitro benzene ring substituents is 1. The van der Waals surface area contributed by atoms with Crippen LogP contribution in [0.1, 0.15) is 22.3 Å². The van der Waals surface area contributed by atoms with Gasteiger partial charge in [-0.15, -0.1) is 0 Å². The molecule has 2 amide bonds.